The van der Waals surface area contributed by atoms with E-state index in [0.717, 1.165) is 0 Å². The summed E-state index contributed by atoms with van der Waals surface area (Å²) in [5, 5.41) is 13.2. The van der Waals surface area contributed by atoms with Gasteiger partial charge in [0.15, 0.2) is 0 Å². The zero-order chi connectivity index (χ0) is 23.2. The molecule has 0 aromatic heterocycles. The first kappa shape index (κ1) is 23.2. The number of rotatable bonds is 7. The van der Waals surface area contributed by atoms with E-state index < -0.39 is 41.6 Å². The fourth-order valence-electron chi connectivity index (χ4n) is 5.60. The number of nitrogens with zero attached hydrogens (tertiary/aromatic N) is 1. The van der Waals surface area contributed by atoms with Crippen molar-refractivity contribution >= 4 is 33.7 Å². The molecule has 2 N–H and O–H groups in total. The summed E-state index contributed by atoms with van der Waals surface area (Å²) in [6.45, 7) is 5.22. The third-order valence-electron chi connectivity index (χ3n) is 6.66. The van der Waals surface area contributed by atoms with Gasteiger partial charge in [0.05, 0.1) is 37.2 Å². The van der Waals surface area contributed by atoms with Crippen LogP contribution in [0.1, 0.15) is 38.8 Å². The van der Waals surface area contributed by atoms with Crippen molar-refractivity contribution in [1.82, 2.24) is 10.2 Å². The van der Waals surface area contributed by atoms with Crippen molar-refractivity contribution in [1.29, 1.82) is 0 Å². The van der Waals surface area contributed by atoms with Gasteiger partial charge in [0.25, 0.3) is 0 Å². The molecule has 0 saturated carbocycles. The van der Waals surface area contributed by atoms with Crippen LogP contribution in [0.25, 0.3) is 0 Å². The third-order valence-corrected chi connectivity index (χ3v) is 7.50. The Balaban J connectivity index is 1.83. The number of esters is 1. The van der Waals surface area contributed by atoms with Gasteiger partial charge in [-0.15, -0.1) is 0 Å². The lowest BCUT2D eigenvalue weighted by atomic mass is 9.70. The van der Waals surface area contributed by atoms with Gasteiger partial charge in [-0.25, -0.2) is 0 Å². The molecule has 174 valence electrons. The monoisotopic (exact) mass is 508 g/mol. The number of benzene rings is 1. The molecule has 3 saturated heterocycles. The Labute approximate surface area is 195 Å². The average molecular weight is 509 g/mol. The van der Waals surface area contributed by atoms with Crippen molar-refractivity contribution in [3.63, 3.8) is 0 Å². The lowest BCUT2D eigenvalue weighted by molar-refractivity contribution is -0.155. The van der Waals surface area contributed by atoms with E-state index >= 15 is 0 Å². The molecule has 1 aromatic carbocycles. The van der Waals surface area contributed by atoms with Gasteiger partial charge in [-0.2, -0.15) is 0 Å². The smallest absolute Gasteiger partial charge is 0.312 e. The van der Waals surface area contributed by atoms with Crippen molar-refractivity contribution in [2.75, 3.05) is 13.2 Å². The molecule has 1 aromatic rings. The fraction of sp³-hybridized carbons (Fsp3) is 0.609. The summed E-state index contributed by atoms with van der Waals surface area (Å²) in [7, 11) is 0. The maximum absolute atomic E-state index is 13.9. The van der Waals surface area contributed by atoms with E-state index in [4.69, 9.17) is 9.47 Å². The predicted molar refractivity (Wildman–Crippen MR) is 119 cm³/mol. The van der Waals surface area contributed by atoms with Crippen molar-refractivity contribution in [2.24, 2.45) is 11.8 Å². The van der Waals surface area contributed by atoms with Crippen LogP contribution >= 0.6 is 15.9 Å². The van der Waals surface area contributed by atoms with E-state index in [9.17, 15) is 19.5 Å². The molecule has 1 spiro atoms. The number of hydrogen-bond acceptors (Lipinski definition) is 6. The molecule has 3 aliphatic heterocycles. The zero-order valence-corrected chi connectivity index (χ0v) is 19.9. The zero-order valence-electron chi connectivity index (χ0n) is 18.4. The summed E-state index contributed by atoms with van der Waals surface area (Å²) < 4.78 is 11.7. The molecule has 0 radical (unpaired) electrons. The number of nitrogens with one attached hydrogen (secondary N) is 1. The number of carbonyl (C=O) groups is 3. The van der Waals surface area contributed by atoms with E-state index in [1.165, 1.54) is 4.90 Å². The largest absolute Gasteiger partial charge is 0.466 e. The molecular weight excluding hydrogens is 480 g/mol. The molecule has 7 atom stereocenters. The highest BCUT2D eigenvalue weighted by Crippen LogP contribution is 2.61. The predicted octanol–water partition coefficient (Wildman–Crippen LogP) is 1.56. The minimum Gasteiger partial charge on any atom is -0.466 e. The van der Waals surface area contributed by atoms with Crippen LogP contribution in [0, 0.1) is 11.8 Å². The molecule has 2 amide bonds. The van der Waals surface area contributed by atoms with Crippen LogP contribution < -0.4 is 5.32 Å². The second-order valence-corrected chi connectivity index (χ2v) is 10.1. The average Bonchev–Trinajstić information content (AvgIpc) is 3.33. The number of amides is 2. The first-order chi connectivity index (χ1) is 15.3. The Morgan fingerprint density at radius 1 is 1.34 bits per heavy atom. The number of aliphatic hydroxyl groups is 1. The molecule has 0 aliphatic carbocycles. The van der Waals surface area contributed by atoms with Crippen LogP contribution in [0.3, 0.4) is 0 Å². The molecule has 3 heterocycles. The quantitative estimate of drug-likeness (QED) is 0.427. The molecule has 4 rings (SSSR count). The van der Waals surface area contributed by atoms with Crippen LogP contribution in [0.2, 0.25) is 0 Å². The Kier molecular flexibility index (Phi) is 6.35. The second kappa shape index (κ2) is 8.76. The minimum absolute atomic E-state index is 0.154. The van der Waals surface area contributed by atoms with E-state index in [1.54, 1.807) is 6.92 Å². The lowest BCUT2D eigenvalue weighted by Crippen LogP contribution is -2.57. The lowest BCUT2D eigenvalue weighted by Gasteiger charge is -2.37. The first-order valence-electron chi connectivity index (χ1n) is 11.0. The van der Waals surface area contributed by atoms with Gasteiger partial charge >= 0.3 is 5.97 Å². The summed E-state index contributed by atoms with van der Waals surface area (Å²) in [4.78, 5) is 41.5. The Morgan fingerprint density at radius 3 is 2.62 bits per heavy atom. The summed E-state index contributed by atoms with van der Waals surface area (Å²) in [6.07, 6.45) is -0.146. The van der Waals surface area contributed by atoms with E-state index in [-0.39, 0.29) is 35.9 Å². The van der Waals surface area contributed by atoms with Crippen molar-refractivity contribution < 1.29 is 29.0 Å². The topological polar surface area (TPSA) is 105 Å². The normalized spacial score (nSPS) is 34.0. The Bertz CT molecular complexity index is 896. The van der Waals surface area contributed by atoms with Crippen LogP contribution in [-0.4, -0.2) is 69.6 Å². The SMILES string of the molecule is CCOC(=O)[C@@H]1[C@H]2O[C@@]3(CC2Br)[C@H](C(=O)NC(C)C)N([C@H](CO)c2ccccc2)C(=O)[C@@H]13. The van der Waals surface area contributed by atoms with Gasteiger partial charge in [-0.3, -0.25) is 14.4 Å². The highest BCUT2D eigenvalue weighted by atomic mass is 79.9. The maximum atomic E-state index is 13.9. The van der Waals surface area contributed by atoms with E-state index in [1.807, 2.05) is 44.2 Å². The molecule has 8 nitrogen and oxygen atoms in total. The summed E-state index contributed by atoms with van der Waals surface area (Å²) >= 11 is 3.61. The van der Waals surface area contributed by atoms with Gasteiger partial charge < -0.3 is 24.8 Å². The third kappa shape index (κ3) is 3.45. The number of ether oxygens (including phenoxy) is 2. The number of likely N-dealkylation sites (tertiary alicyclic amines) is 1. The first-order valence-corrected chi connectivity index (χ1v) is 11.9. The number of fused-ring (bicyclic) bond motifs is 1. The molecule has 3 aliphatic rings. The van der Waals surface area contributed by atoms with Crippen molar-refractivity contribution in [3.8, 4) is 0 Å². The highest BCUT2D eigenvalue weighted by molar-refractivity contribution is 9.09. The molecule has 32 heavy (non-hydrogen) atoms. The van der Waals surface area contributed by atoms with Crippen LogP contribution in [0.4, 0.5) is 0 Å². The number of hydrogen-bond donors (Lipinski definition) is 2. The molecule has 1 unspecified atom stereocenters. The second-order valence-electron chi connectivity index (χ2n) is 8.93. The number of halogens is 1. The number of alkyl halides is 1. The van der Waals surface area contributed by atoms with Gasteiger partial charge in [-0.1, -0.05) is 46.3 Å². The van der Waals surface area contributed by atoms with Crippen molar-refractivity contribution in [3.05, 3.63) is 35.9 Å². The fourth-order valence-corrected chi connectivity index (χ4v) is 6.55. The van der Waals surface area contributed by atoms with Crippen LogP contribution in [0.5, 0.6) is 0 Å². The maximum Gasteiger partial charge on any atom is 0.312 e. The number of carbonyl (C=O) groups excluding carboxylic acids is 3. The van der Waals surface area contributed by atoms with Crippen LogP contribution in [-0.2, 0) is 23.9 Å². The minimum atomic E-state index is -1.17. The van der Waals surface area contributed by atoms with E-state index in [0.29, 0.717) is 12.0 Å². The van der Waals surface area contributed by atoms with Gasteiger partial charge in [0.1, 0.15) is 11.6 Å². The number of aliphatic hydroxyl groups excluding tert-OH is 1. The summed E-state index contributed by atoms with van der Waals surface area (Å²) in [5.41, 5.74) is -0.464. The standard InChI is InChI=1S/C23H29BrN2O6/c1-4-31-22(30)16-17-21(29)26(15(11-27)13-8-6-5-7-9-13)19(20(28)25-12(2)3)23(17)10-14(24)18(16)32-23/h5-9,12,14-19,27H,4,10-11H2,1-3H3,(H,25,28)/t14?,15-,16+,17-,18+,19+,23-/m1/s1. The van der Waals surface area contributed by atoms with Gasteiger partial charge in [0.2, 0.25) is 11.8 Å². The Morgan fingerprint density at radius 2 is 2.03 bits per heavy atom. The van der Waals surface area contributed by atoms with Gasteiger partial charge in [-0.05, 0) is 32.8 Å². The molecule has 9 heteroatoms. The summed E-state index contributed by atoms with van der Waals surface area (Å²) in [5.74, 6) is -2.87. The van der Waals surface area contributed by atoms with E-state index in [2.05, 4.69) is 21.2 Å². The Hall–Kier alpha value is -1.97. The van der Waals surface area contributed by atoms with Crippen molar-refractivity contribution in [2.45, 2.75) is 61.8 Å². The van der Waals surface area contributed by atoms with Crippen LogP contribution in [0.15, 0.2) is 30.3 Å². The molecule has 2 bridgehead atoms. The van der Waals surface area contributed by atoms with Gasteiger partial charge in [0, 0.05) is 10.9 Å². The highest BCUT2D eigenvalue weighted by Gasteiger charge is 2.77. The molecular formula is C23H29BrN2O6. The summed E-state index contributed by atoms with van der Waals surface area (Å²) in [6, 6.07) is 7.22. The molecule has 3 fully saturated rings.